The Balaban J connectivity index is 2.44. The second-order valence-corrected chi connectivity index (χ2v) is 4.49. The zero-order valence-electron chi connectivity index (χ0n) is 11.0. The van der Waals surface area contributed by atoms with Crippen molar-refractivity contribution in [3.05, 3.63) is 12.3 Å². The summed E-state index contributed by atoms with van der Waals surface area (Å²) in [7, 11) is 0. The van der Waals surface area contributed by atoms with Crippen LogP contribution in [0.1, 0.15) is 40.2 Å². The minimum absolute atomic E-state index is 0.00699. The molecule has 0 radical (unpaired) electrons. The maximum atomic E-state index is 11.7. The quantitative estimate of drug-likeness (QED) is 0.794. The zero-order chi connectivity index (χ0) is 12.8. The van der Waals surface area contributed by atoms with Crippen molar-refractivity contribution in [2.45, 2.75) is 46.2 Å². The molecule has 0 saturated heterocycles. The first-order valence-electron chi connectivity index (χ1n) is 6.11. The highest BCUT2D eigenvalue weighted by Crippen LogP contribution is 2.08. The van der Waals surface area contributed by atoms with Gasteiger partial charge in [-0.25, -0.2) is 0 Å². The number of nitrogens with one attached hydrogen (secondary N) is 2. The smallest absolute Gasteiger partial charge is 0.227 e. The van der Waals surface area contributed by atoms with E-state index in [4.69, 9.17) is 0 Å². The molecule has 0 bridgehead atoms. The summed E-state index contributed by atoms with van der Waals surface area (Å²) in [5.41, 5.74) is 0. The molecule has 0 aromatic carbocycles. The van der Waals surface area contributed by atoms with Gasteiger partial charge in [0.25, 0.3) is 0 Å². The van der Waals surface area contributed by atoms with Crippen molar-refractivity contribution in [1.82, 2.24) is 15.1 Å². The fourth-order valence-electron chi connectivity index (χ4n) is 1.58. The molecule has 17 heavy (non-hydrogen) atoms. The topological polar surface area (TPSA) is 59.0 Å². The molecule has 1 atom stereocenters. The molecule has 1 aromatic heterocycles. The third kappa shape index (κ3) is 4.56. The molecule has 0 aliphatic rings. The van der Waals surface area contributed by atoms with Gasteiger partial charge >= 0.3 is 0 Å². The lowest BCUT2D eigenvalue weighted by Gasteiger charge is -2.11. The Kier molecular flexibility index (Phi) is 5.15. The van der Waals surface area contributed by atoms with Gasteiger partial charge in [-0.3, -0.25) is 9.48 Å². The molecule has 0 aliphatic heterocycles. The lowest BCUT2D eigenvalue weighted by Crippen LogP contribution is -2.30. The summed E-state index contributed by atoms with van der Waals surface area (Å²) in [5, 5.41) is 10.3. The second kappa shape index (κ2) is 6.39. The minimum Gasteiger partial charge on any atom is -0.314 e. The Morgan fingerprint density at radius 2 is 2.18 bits per heavy atom. The summed E-state index contributed by atoms with van der Waals surface area (Å²) in [6.07, 6.45) is 2.33. The van der Waals surface area contributed by atoms with Crippen LogP contribution in [0.15, 0.2) is 12.3 Å². The van der Waals surface area contributed by atoms with Crippen molar-refractivity contribution in [3.8, 4) is 0 Å². The van der Waals surface area contributed by atoms with Crippen LogP contribution in [0.5, 0.6) is 0 Å². The number of aromatic nitrogens is 2. The summed E-state index contributed by atoms with van der Waals surface area (Å²) in [6.45, 7) is 8.99. The summed E-state index contributed by atoms with van der Waals surface area (Å²) < 4.78 is 1.82. The van der Waals surface area contributed by atoms with E-state index in [1.54, 1.807) is 0 Å². The predicted molar refractivity (Wildman–Crippen MR) is 69.0 cm³/mol. The van der Waals surface area contributed by atoms with Gasteiger partial charge in [-0.05, 0) is 27.3 Å². The van der Waals surface area contributed by atoms with Gasteiger partial charge in [-0.15, -0.1) is 0 Å². The van der Waals surface area contributed by atoms with Crippen molar-refractivity contribution in [2.24, 2.45) is 0 Å². The standard InChI is InChI=1S/C12H22N4O/c1-5-13-10(4)8-12(17)14-11-6-7-16(15-11)9(2)3/h6-7,9-10,13H,5,8H2,1-4H3,(H,14,15,17). The van der Waals surface area contributed by atoms with Crippen molar-refractivity contribution >= 4 is 11.7 Å². The van der Waals surface area contributed by atoms with Crippen molar-refractivity contribution in [2.75, 3.05) is 11.9 Å². The van der Waals surface area contributed by atoms with Crippen LogP contribution >= 0.6 is 0 Å². The van der Waals surface area contributed by atoms with Gasteiger partial charge in [0.15, 0.2) is 5.82 Å². The molecule has 5 heteroatoms. The van der Waals surface area contributed by atoms with E-state index in [2.05, 4.69) is 15.7 Å². The fraction of sp³-hybridized carbons (Fsp3) is 0.667. The molecule has 1 rings (SSSR count). The number of carbonyl (C=O) groups excluding carboxylic acids is 1. The largest absolute Gasteiger partial charge is 0.314 e. The molecule has 1 heterocycles. The van der Waals surface area contributed by atoms with Crippen LogP contribution in [0, 0.1) is 0 Å². The van der Waals surface area contributed by atoms with Gasteiger partial charge < -0.3 is 10.6 Å². The molecule has 1 unspecified atom stereocenters. The monoisotopic (exact) mass is 238 g/mol. The van der Waals surface area contributed by atoms with E-state index in [1.165, 1.54) is 0 Å². The van der Waals surface area contributed by atoms with Crippen LogP contribution in [0.3, 0.4) is 0 Å². The molecular weight excluding hydrogens is 216 g/mol. The molecule has 1 aromatic rings. The number of nitrogens with zero attached hydrogens (tertiary/aromatic N) is 2. The van der Waals surface area contributed by atoms with Gasteiger partial charge in [0.2, 0.25) is 5.91 Å². The maximum Gasteiger partial charge on any atom is 0.227 e. The van der Waals surface area contributed by atoms with Gasteiger partial charge in [-0.1, -0.05) is 6.92 Å². The number of amides is 1. The summed E-state index contributed by atoms with van der Waals surface area (Å²) in [4.78, 5) is 11.7. The average Bonchev–Trinajstić information content (AvgIpc) is 2.66. The van der Waals surface area contributed by atoms with Crippen molar-refractivity contribution in [3.63, 3.8) is 0 Å². The summed E-state index contributed by atoms with van der Waals surface area (Å²) in [5.74, 6) is 0.611. The molecule has 0 aliphatic carbocycles. The molecule has 0 saturated carbocycles. The van der Waals surface area contributed by atoms with Gasteiger partial charge in [-0.2, -0.15) is 5.10 Å². The lowest BCUT2D eigenvalue weighted by molar-refractivity contribution is -0.116. The highest BCUT2D eigenvalue weighted by Gasteiger charge is 2.09. The average molecular weight is 238 g/mol. The third-order valence-electron chi connectivity index (χ3n) is 2.45. The highest BCUT2D eigenvalue weighted by atomic mass is 16.1. The van der Waals surface area contributed by atoms with E-state index < -0.39 is 0 Å². The molecular formula is C12H22N4O. The maximum absolute atomic E-state index is 11.7. The van der Waals surface area contributed by atoms with E-state index in [0.29, 0.717) is 18.3 Å². The Morgan fingerprint density at radius 3 is 2.71 bits per heavy atom. The van der Waals surface area contributed by atoms with Crippen LogP contribution < -0.4 is 10.6 Å². The SMILES string of the molecule is CCNC(C)CC(=O)Nc1ccn(C(C)C)n1. The second-order valence-electron chi connectivity index (χ2n) is 4.49. The van der Waals surface area contributed by atoms with E-state index in [1.807, 2.05) is 44.6 Å². The Morgan fingerprint density at radius 1 is 1.47 bits per heavy atom. The molecule has 5 nitrogen and oxygen atoms in total. The first-order valence-corrected chi connectivity index (χ1v) is 6.11. The predicted octanol–water partition coefficient (Wildman–Crippen LogP) is 1.79. The van der Waals surface area contributed by atoms with Crippen LogP contribution in [0.2, 0.25) is 0 Å². The van der Waals surface area contributed by atoms with E-state index in [9.17, 15) is 4.79 Å². The van der Waals surface area contributed by atoms with Crippen LogP contribution in [-0.2, 0) is 4.79 Å². The number of carbonyl (C=O) groups is 1. The van der Waals surface area contributed by atoms with E-state index in [0.717, 1.165) is 6.54 Å². The zero-order valence-corrected chi connectivity index (χ0v) is 11.0. The molecule has 0 fully saturated rings. The van der Waals surface area contributed by atoms with Gasteiger partial charge in [0, 0.05) is 30.8 Å². The Bertz CT molecular complexity index is 359. The van der Waals surface area contributed by atoms with Crippen molar-refractivity contribution in [1.29, 1.82) is 0 Å². The Labute approximate surface area is 103 Å². The van der Waals surface area contributed by atoms with Crippen molar-refractivity contribution < 1.29 is 4.79 Å². The van der Waals surface area contributed by atoms with E-state index in [-0.39, 0.29) is 11.9 Å². The van der Waals surface area contributed by atoms with Gasteiger partial charge in [0.1, 0.15) is 0 Å². The Hall–Kier alpha value is -1.36. The first-order chi connectivity index (χ1) is 8.02. The first kappa shape index (κ1) is 13.7. The van der Waals surface area contributed by atoms with Gasteiger partial charge in [0.05, 0.1) is 0 Å². The van der Waals surface area contributed by atoms with Crippen LogP contribution in [0.4, 0.5) is 5.82 Å². The summed E-state index contributed by atoms with van der Waals surface area (Å²) >= 11 is 0. The number of hydrogen-bond acceptors (Lipinski definition) is 3. The summed E-state index contributed by atoms with van der Waals surface area (Å²) in [6, 6.07) is 2.31. The van der Waals surface area contributed by atoms with E-state index >= 15 is 0 Å². The third-order valence-corrected chi connectivity index (χ3v) is 2.45. The van der Waals surface area contributed by atoms with Crippen LogP contribution in [-0.4, -0.2) is 28.3 Å². The number of anilines is 1. The van der Waals surface area contributed by atoms with Crippen LogP contribution in [0.25, 0.3) is 0 Å². The minimum atomic E-state index is -0.00699. The molecule has 96 valence electrons. The molecule has 0 spiro atoms. The lowest BCUT2D eigenvalue weighted by atomic mass is 10.2. The molecule has 1 amide bonds. The highest BCUT2D eigenvalue weighted by molar-refractivity contribution is 5.90. The normalized spacial score (nSPS) is 12.8. The number of hydrogen-bond donors (Lipinski definition) is 2. The number of rotatable bonds is 6. The fourth-order valence-corrected chi connectivity index (χ4v) is 1.58. The molecule has 2 N–H and O–H groups in total.